The molecule has 0 fully saturated rings. The Morgan fingerprint density at radius 3 is 2.53 bits per heavy atom. The zero-order valence-electron chi connectivity index (χ0n) is 10.9. The van der Waals surface area contributed by atoms with Crippen LogP contribution in [0.4, 0.5) is 0 Å². The van der Waals surface area contributed by atoms with Gasteiger partial charge in [-0.05, 0) is 25.5 Å². The predicted octanol–water partition coefficient (Wildman–Crippen LogP) is 3.68. The van der Waals surface area contributed by atoms with E-state index < -0.39 is 0 Å². The molecule has 96 valence electrons. The first kappa shape index (κ1) is 13.8. The van der Waals surface area contributed by atoms with E-state index in [0.717, 1.165) is 18.7 Å². The maximum atomic E-state index is 11.6. The summed E-state index contributed by atoms with van der Waals surface area (Å²) in [4.78, 5) is 11.6. The highest BCUT2D eigenvalue weighted by Crippen LogP contribution is 2.06. The van der Waals surface area contributed by atoms with Crippen molar-refractivity contribution in [3.63, 3.8) is 0 Å². The molecule has 0 spiro atoms. The molecule has 17 heavy (non-hydrogen) atoms. The van der Waals surface area contributed by atoms with Gasteiger partial charge in [0.2, 0.25) is 0 Å². The summed E-state index contributed by atoms with van der Waals surface area (Å²) in [6, 6.07) is 3.52. The fraction of sp³-hybridized carbons (Fsp3) is 0.643. The summed E-state index contributed by atoms with van der Waals surface area (Å²) < 4.78 is 5.24. The normalized spacial score (nSPS) is 10.5. The largest absolute Gasteiger partial charge is 0.456 e. The van der Waals surface area contributed by atoms with Crippen LogP contribution in [0, 0.1) is 6.92 Å². The molecular weight excluding hydrogens is 214 g/mol. The van der Waals surface area contributed by atoms with Crippen LogP contribution in [-0.2, 0) is 0 Å². The molecular formula is C14H23NO2. The third-order valence-corrected chi connectivity index (χ3v) is 2.78. The fourth-order valence-electron chi connectivity index (χ4n) is 1.75. The van der Waals surface area contributed by atoms with Crippen LogP contribution < -0.4 is 5.32 Å². The zero-order chi connectivity index (χ0) is 12.5. The van der Waals surface area contributed by atoms with E-state index in [1.165, 1.54) is 32.1 Å². The molecule has 3 nitrogen and oxygen atoms in total. The van der Waals surface area contributed by atoms with E-state index in [2.05, 4.69) is 12.2 Å². The maximum Gasteiger partial charge on any atom is 0.286 e. The van der Waals surface area contributed by atoms with Crippen LogP contribution in [-0.4, -0.2) is 12.5 Å². The molecule has 0 saturated carbocycles. The standard InChI is InChI=1S/C14H23NO2/c1-3-4-5-6-7-8-11-15-14(16)13-10-9-12(2)17-13/h9-10H,3-8,11H2,1-2H3,(H,15,16). The highest BCUT2D eigenvalue weighted by Gasteiger charge is 2.08. The molecule has 0 unspecified atom stereocenters. The number of hydrogen-bond donors (Lipinski definition) is 1. The van der Waals surface area contributed by atoms with Gasteiger partial charge in [-0.25, -0.2) is 0 Å². The molecule has 1 rings (SSSR count). The van der Waals surface area contributed by atoms with Crippen LogP contribution in [0.15, 0.2) is 16.5 Å². The van der Waals surface area contributed by atoms with Crippen molar-refractivity contribution in [3.05, 3.63) is 23.7 Å². The Balaban J connectivity index is 2.05. The minimum atomic E-state index is -0.105. The number of aryl methyl sites for hydroxylation is 1. The summed E-state index contributed by atoms with van der Waals surface area (Å²) in [5.41, 5.74) is 0. The third-order valence-electron chi connectivity index (χ3n) is 2.78. The summed E-state index contributed by atoms with van der Waals surface area (Å²) >= 11 is 0. The van der Waals surface area contributed by atoms with Gasteiger partial charge in [0.1, 0.15) is 5.76 Å². The molecule has 0 aliphatic heterocycles. The smallest absolute Gasteiger partial charge is 0.286 e. The number of rotatable bonds is 8. The number of carbonyl (C=O) groups is 1. The van der Waals surface area contributed by atoms with Gasteiger partial charge in [-0.1, -0.05) is 39.0 Å². The highest BCUT2D eigenvalue weighted by atomic mass is 16.3. The Morgan fingerprint density at radius 2 is 1.88 bits per heavy atom. The monoisotopic (exact) mass is 237 g/mol. The van der Waals surface area contributed by atoms with Crippen molar-refractivity contribution in [1.29, 1.82) is 0 Å². The third kappa shape index (κ3) is 5.57. The van der Waals surface area contributed by atoms with Gasteiger partial charge >= 0.3 is 0 Å². The van der Waals surface area contributed by atoms with Crippen molar-refractivity contribution in [1.82, 2.24) is 5.32 Å². The molecule has 0 bridgehead atoms. The molecule has 1 aromatic rings. The molecule has 3 heteroatoms. The van der Waals surface area contributed by atoms with Gasteiger partial charge in [0, 0.05) is 6.54 Å². The van der Waals surface area contributed by atoms with Crippen molar-refractivity contribution in [2.75, 3.05) is 6.54 Å². The molecule has 0 aromatic carbocycles. The Morgan fingerprint density at radius 1 is 1.18 bits per heavy atom. The number of nitrogens with one attached hydrogen (secondary N) is 1. The summed E-state index contributed by atoms with van der Waals surface area (Å²) in [6.45, 7) is 4.79. The Kier molecular flexibility index (Phi) is 6.45. The second-order valence-electron chi connectivity index (χ2n) is 4.43. The summed E-state index contributed by atoms with van der Waals surface area (Å²) in [7, 11) is 0. The van der Waals surface area contributed by atoms with Gasteiger partial charge in [0.25, 0.3) is 5.91 Å². The zero-order valence-corrected chi connectivity index (χ0v) is 10.9. The summed E-state index contributed by atoms with van der Waals surface area (Å²) in [5, 5.41) is 2.87. The average Bonchev–Trinajstić information content (AvgIpc) is 2.74. The van der Waals surface area contributed by atoms with Crippen LogP contribution in [0.5, 0.6) is 0 Å². The lowest BCUT2D eigenvalue weighted by molar-refractivity contribution is 0.0924. The van der Waals surface area contributed by atoms with Crippen LogP contribution >= 0.6 is 0 Å². The highest BCUT2D eigenvalue weighted by molar-refractivity contribution is 5.91. The quantitative estimate of drug-likeness (QED) is 0.701. The first-order valence-corrected chi connectivity index (χ1v) is 6.58. The lowest BCUT2D eigenvalue weighted by atomic mass is 10.1. The minimum Gasteiger partial charge on any atom is -0.456 e. The van der Waals surface area contributed by atoms with Gasteiger partial charge in [0.15, 0.2) is 5.76 Å². The van der Waals surface area contributed by atoms with Crippen LogP contribution in [0.3, 0.4) is 0 Å². The predicted molar refractivity (Wildman–Crippen MR) is 69.2 cm³/mol. The summed E-state index contributed by atoms with van der Waals surface area (Å²) in [6.07, 6.45) is 7.41. The number of amides is 1. The Hall–Kier alpha value is -1.25. The van der Waals surface area contributed by atoms with Gasteiger partial charge in [-0.15, -0.1) is 0 Å². The van der Waals surface area contributed by atoms with Crippen molar-refractivity contribution in [2.24, 2.45) is 0 Å². The molecule has 1 heterocycles. The molecule has 0 saturated heterocycles. The maximum absolute atomic E-state index is 11.6. The molecule has 0 radical (unpaired) electrons. The van der Waals surface area contributed by atoms with Crippen LogP contribution in [0.1, 0.15) is 61.8 Å². The Bertz CT molecular complexity index is 331. The molecule has 0 aliphatic carbocycles. The summed E-state index contributed by atoms with van der Waals surface area (Å²) in [5.74, 6) is 1.08. The SMILES string of the molecule is CCCCCCCCNC(=O)c1ccc(C)o1. The topological polar surface area (TPSA) is 42.2 Å². The van der Waals surface area contributed by atoms with Crippen molar-refractivity contribution >= 4 is 5.91 Å². The van der Waals surface area contributed by atoms with Gasteiger partial charge < -0.3 is 9.73 Å². The molecule has 1 aromatic heterocycles. The van der Waals surface area contributed by atoms with Gasteiger partial charge in [-0.2, -0.15) is 0 Å². The lowest BCUT2D eigenvalue weighted by Crippen LogP contribution is -2.23. The van der Waals surface area contributed by atoms with Crippen LogP contribution in [0.25, 0.3) is 0 Å². The van der Waals surface area contributed by atoms with Crippen molar-refractivity contribution < 1.29 is 9.21 Å². The fourth-order valence-corrected chi connectivity index (χ4v) is 1.75. The second-order valence-corrected chi connectivity index (χ2v) is 4.43. The molecule has 0 atom stereocenters. The molecule has 0 aliphatic rings. The lowest BCUT2D eigenvalue weighted by Gasteiger charge is -2.03. The first-order valence-electron chi connectivity index (χ1n) is 6.58. The van der Waals surface area contributed by atoms with E-state index in [1.54, 1.807) is 12.1 Å². The van der Waals surface area contributed by atoms with Crippen molar-refractivity contribution in [3.8, 4) is 0 Å². The van der Waals surface area contributed by atoms with Crippen molar-refractivity contribution in [2.45, 2.75) is 52.4 Å². The first-order chi connectivity index (χ1) is 8.24. The molecule has 1 amide bonds. The van der Waals surface area contributed by atoms with E-state index in [9.17, 15) is 4.79 Å². The molecule has 1 N–H and O–H groups in total. The average molecular weight is 237 g/mol. The van der Waals surface area contributed by atoms with E-state index in [1.807, 2.05) is 6.92 Å². The number of unbranched alkanes of at least 4 members (excludes halogenated alkanes) is 5. The number of hydrogen-bond acceptors (Lipinski definition) is 2. The second kappa shape index (κ2) is 7.93. The number of carbonyl (C=O) groups excluding carboxylic acids is 1. The van der Waals surface area contributed by atoms with E-state index in [0.29, 0.717) is 5.76 Å². The van der Waals surface area contributed by atoms with E-state index in [4.69, 9.17) is 4.42 Å². The van der Waals surface area contributed by atoms with E-state index >= 15 is 0 Å². The van der Waals surface area contributed by atoms with Gasteiger partial charge in [0.05, 0.1) is 0 Å². The Labute approximate surface area is 104 Å². The minimum absolute atomic E-state index is 0.105. The number of furan rings is 1. The van der Waals surface area contributed by atoms with Gasteiger partial charge in [-0.3, -0.25) is 4.79 Å². The van der Waals surface area contributed by atoms with Crippen LogP contribution in [0.2, 0.25) is 0 Å². The van der Waals surface area contributed by atoms with E-state index in [-0.39, 0.29) is 5.91 Å².